The number of ketones is 1. The second-order valence-electron chi connectivity index (χ2n) is 4.02. The number of allylic oxidation sites excluding steroid dienone is 1. The highest BCUT2D eigenvalue weighted by molar-refractivity contribution is 6.06. The zero-order valence-corrected chi connectivity index (χ0v) is 10.8. The second kappa shape index (κ2) is 8.12. The Kier molecular flexibility index (Phi) is 6.33. The van der Waals surface area contributed by atoms with Crippen LogP contribution in [0.1, 0.15) is 48.5 Å². The molecule has 0 saturated carbocycles. The summed E-state index contributed by atoms with van der Waals surface area (Å²) in [4.78, 5) is 11.8. The van der Waals surface area contributed by atoms with Crippen molar-refractivity contribution in [2.75, 3.05) is 0 Å². The summed E-state index contributed by atoms with van der Waals surface area (Å²) in [6.07, 6.45) is 5.74. The second-order valence-corrected chi connectivity index (χ2v) is 4.02. The van der Waals surface area contributed by atoms with E-state index in [1.54, 1.807) is 6.07 Å². The summed E-state index contributed by atoms with van der Waals surface area (Å²) in [6, 6.07) is 7.39. The molecular weight excluding hydrogens is 220 g/mol. The van der Waals surface area contributed by atoms with Crippen molar-refractivity contribution >= 4 is 5.78 Å². The number of benzene rings is 1. The zero-order chi connectivity index (χ0) is 13.2. The molecule has 0 N–H and O–H groups in total. The summed E-state index contributed by atoms with van der Waals surface area (Å²) in [7, 11) is 0. The molecule has 0 aliphatic carbocycles. The van der Waals surface area contributed by atoms with Crippen LogP contribution in [0.3, 0.4) is 0 Å². The van der Waals surface area contributed by atoms with Gasteiger partial charge in [0.2, 0.25) is 0 Å². The molecule has 1 heteroatoms. The fraction of sp³-hybridized carbons (Fsp3) is 0.294. The van der Waals surface area contributed by atoms with Crippen molar-refractivity contribution in [1.29, 1.82) is 0 Å². The Morgan fingerprint density at radius 3 is 2.83 bits per heavy atom. The number of hydrogen-bond donors (Lipinski definition) is 0. The Morgan fingerprint density at radius 1 is 1.33 bits per heavy atom. The molecule has 1 aromatic rings. The van der Waals surface area contributed by atoms with Crippen LogP contribution in [0, 0.1) is 11.8 Å². The molecule has 0 atom stereocenters. The molecule has 0 spiro atoms. The minimum atomic E-state index is -0.0940. The van der Waals surface area contributed by atoms with Crippen molar-refractivity contribution < 1.29 is 4.79 Å². The summed E-state index contributed by atoms with van der Waals surface area (Å²) in [5.74, 6) is 6.10. The van der Waals surface area contributed by atoms with Crippen molar-refractivity contribution in [2.24, 2.45) is 0 Å². The number of unbranched alkanes of at least 4 members (excludes halogenated alkanes) is 3. The summed E-state index contributed by atoms with van der Waals surface area (Å²) in [5, 5.41) is 0. The molecule has 0 bridgehead atoms. The van der Waals surface area contributed by atoms with E-state index >= 15 is 0 Å². The lowest BCUT2D eigenvalue weighted by Gasteiger charge is -1.98. The molecule has 18 heavy (non-hydrogen) atoms. The van der Waals surface area contributed by atoms with Crippen LogP contribution in [0.15, 0.2) is 42.7 Å². The van der Waals surface area contributed by atoms with Gasteiger partial charge >= 0.3 is 0 Å². The fourth-order valence-corrected chi connectivity index (χ4v) is 1.60. The highest BCUT2D eigenvalue weighted by atomic mass is 16.1. The van der Waals surface area contributed by atoms with E-state index in [0.717, 1.165) is 18.4 Å². The molecule has 0 unspecified atom stereocenters. The quantitative estimate of drug-likeness (QED) is 0.248. The third-order valence-electron chi connectivity index (χ3n) is 2.55. The van der Waals surface area contributed by atoms with E-state index in [9.17, 15) is 4.79 Å². The van der Waals surface area contributed by atoms with Gasteiger partial charge in [-0.3, -0.25) is 4.79 Å². The van der Waals surface area contributed by atoms with E-state index in [-0.39, 0.29) is 5.78 Å². The molecule has 0 heterocycles. The van der Waals surface area contributed by atoms with E-state index in [0.29, 0.717) is 5.56 Å². The maximum absolute atomic E-state index is 11.8. The maximum atomic E-state index is 11.8. The monoisotopic (exact) mass is 238 g/mol. The minimum Gasteiger partial charge on any atom is -0.289 e. The number of carbonyl (C=O) groups is 1. The Bertz CT molecular complexity index is 508. The van der Waals surface area contributed by atoms with Crippen molar-refractivity contribution in [1.82, 2.24) is 0 Å². The van der Waals surface area contributed by atoms with Crippen LogP contribution < -0.4 is 0 Å². The van der Waals surface area contributed by atoms with Gasteiger partial charge in [0.05, 0.1) is 0 Å². The molecule has 0 saturated heterocycles. The van der Waals surface area contributed by atoms with Crippen LogP contribution in [0.25, 0.3) is 0 Å². The van der Waals surface area contributed by atoms with Crippen LogP contribution in [-0.2, 0) is 0 Å². The van der Waals surface area contributed by atoms with E-state index in [1.165, 1.54) is 18.9 Å². The highest BCUT2D eigenvalue weighted by Crippen LogP contribution is 2.09. The van der Waals surface area contributed by atoms with Crippen LogP contribution in [0.2, 0.25) is 0 Å². The van der Waals surface area contributed by atoms with Crippen molar-refractivity contribution in [3.8, 4) is 11.8 Å². The number of rotatable bonds is 5. The minimum absolute atomic E-state index is 0.0940. The van der Waals surface area contributed by atoms with Gasteiger partial charge in [-0.15, -0.1) is 5.73 Å². The highest BCUT2D eigenvalue weighted by Gasteiger charge is 2.05. The topological polar surface area (TPSA) is 17.1 Å². The molecule has 0 radical (unpaired) electrons. The van der Waals surface area contributed by atoms with Gasteiger partial charge < -0.3 is 0 Å². The average Bonchev–Trinajstić information content (AvgIpc) is 2.39. The summed E-state index contributed by atoms with van der Waals surface area (Å²) in [6.45, 7) is 5.58. The number of carbonyl (C=O) groups excluding carboxylic acids is 1. The molecule has 0 amide bonds. The van der Waals surface area contributed by atoms with Gasteiger partial charge in [-0.05, 0) is 18.6 Å². The van der Waals surface area contributed by atoms with Gasteiger partial charge in [0, 0.05) is 23.6 Å². The van der Waals surface area contributed by atoms with Gasteiger partial charge in [0.25, 0.3) is 0 Å². The van der Waals surface area contributed by atoms with Gasteiger partial charge in [0.1, 0.15) is 0 Å². The molecule has 1 nitrogen and oxygen atoms in total. The molecule has 1 aromatic carbocycles. The van der Waals surface area contributed by atoms with E-state index in [4.69, 9.17) is 0 Å². The molecule has 92 valence electrons. The lowest BCUT2D eigenvalue weighted by Crippen LogP contribution is -1.97. The van der Waals surface area contributed by atoms with Crippen LogP contribution >= 0.6 is 0 Å². The van der Waals surface area contributed by atoms with Crippen molar-refractivity contribution in [3.63, 3.8) is 0 Å². The maximum Gasteiger partial charge on any atom is 0.194 e. The summed E-state index contributed by atoms with van der Waals surface area (Å²) >= 11 is 0. The lowest BCUT2D eigenvalue weighted by molar-refractivity contribution is 0.104. The largest absolute Gasteiger partial charge is 0.289 e. The molecular formula is C17H18O. The SMILES string of the molecule is C=C=CC(=O)c1ccccc1C#CCCCCC. The summed E-state index contributed by atoms with van der Waals surface area (Å²) in [5.41, 5.74) is 3.91. The standard InChI is InChI=1S/C17H18O/c1-3-5-6-7-8-12-15-13-9-10-14-16(15)17(18)11-4-2/h9-11,13-14H,2-3,5-7H2,1H3. The normalized spacial score (nSPS) is 8.94. The van der Waals surface area contributed by atoms with Crippen molar-refractivity contribution in [2.45, 2.75) is 32.6 Å². The predicted octanol–water partition coefficient (Wildman–Crippen LogP) is 4.14. The first kappa shape index (κ1) is 14.0. The van der Waals surface area contributed by atoms with E-state index in [1.807, 2.05) is 18.2 Å². The third-order valence-corrected chi connectivity index (χ3v) is 2.55. The first-order valence-corrected chi connectivity index (χ1v) is 6.27. The van der Waals surface area contributed by atoms with Gasteiger partial charge in [-0.2, -0.15) is 0 Å². The molecule has 1 rings (SSSR count). The first-order valence-electron chi connectivity index (χ1n) is 6.27. The zero-order valence-electron chi connectivity index (χ0n) is 10.8. The fourth-order valence-electron chi connectivity index (χ4n) is 1.60. The first-order chi connectivity index (χ1) is 8.79. The predicted molar refractivity (Wildman–Crippen MR) is 75.5 cm³/mol. The Labute approximate surface area is 109 Å². The molecule has 0 aromatic heterocycles. The molecule has 0 aliphatic heterocycles. The molecule has 0 fully saturated rings. The lowest BCUT2D eigenvalue weighted by atomic mass is 10.0. The van der Waals surface area contributed by atoms with E-state index < -0.39 is 0 Å². The van der Waals surface area contributed by atoms with Gasteiger partial charge in [-0.1, -0.05) is 50.3 Å². The van der Waals surface area contributed by atoms with Crippen molar-refractivity contribution in [3.05, 3.63) is 53.8 Å². The van der Waals surface area contributed by atoms with Gasteiger partial charge in [0.15, 0.2) is 5.78 Å². The Morgan fingerprint density at radius 2 is 2.11 bits per heavy atom. The molecule has 0 aliphatic rings. The van der Waals surface area contributed by atoms with Crippen LogP contribution in [0.4, 0.5) is 0 Å². The number of hydrogen-bond acceptors (Lipinski definition) is 1. The van der Waals surface area contributed by atoms with Gasteiger partial charge in [-0.25, -0.2) is 0 Å². The van der Waals surface area contributed by atoms with Crippen LogP contribution in [0.5, 0.6) is 0 Å². The third kappa shape index (κ3) is 4.45. The average molecular weight is 238 g/mol. The van der Waals surface area contributed by atoms with Crippen LogP contribution in [-0.4, -0.2) is 5.78 Å². The Balaban J connectivity index is 2.82. The smallest absolute Gasteiger partial charge is 0.194 e. The summed E-state index contributed by atoms with van der Waals surface area (Å²) < 4.78 is 0. The Hall–Kier alpha value is -2.03. The van der Waals surface area contributed by atoms with E-state index in [2.05, 4.69) is 31.1 Å².